The van der Waals surface area contributed by atoms with Crippen molar-refractivity contribution in [3.05, 3.63) is 28.2 Å². The molecule has 1 unspecified atom stereocenters. The molecule has 2 N–H and O–H groups in total. The number of aryl methyl sites for hydroxylation is 1. The fourth-order valence-corrected chi connectivity index (χ4v) is 2.90. The number of aliphatic carboxylic acids is 1. The Balaban J connectivity index is 2.17. The molecule has 0 saturated carbocycles. The number of nitrogens with zero attached hydrogens (tertiary/aromatic N) is 1. The number of hydrogen-bond acceptors (Lipinski definition) is 2. The number of carbonyl (C=O) groups excluding carboxylic acids is 1. The van der Waals surface area contributed by atoms with Gasteiger partial charge in [0, 0.05) is 11.0 Å². The van der Waals surface area contributed by atoms with Crippen LogP contribution in [0.5, 0.6) is 0 Å². The van der Waals surface area contributed by atoms with Gasteiger partial charge >= 0.3 is 12.0 Å². The second-order valence-corrected chi connectivity index (χ2v) is 6.06. The minimum absolute atomic E-state index is 0.351. The standard InChI is InChI=1S/C15H19BrN2O3/c1-10-6-5-7-11(13(10)16)17-15(21)18-9-4-2-3-8-12(18)14(19)20/h5-7,12H,2-4,8-9H2,1H3,(H,17,21)(H,19,20). The number of carboxylic acids is 1. The van der Waals surface area contributed by atoms with E-state index in [0.29, 0.717) is 18.7 Å². The summed E-state index contributed by atoms with van der Waals surface area (Å²) < 4.78 is 0.819. The maximum Gasteiger partial charge on any atom is 0.326 e. The van der Waals surface area contributed by atoms with Crippen LogP contribution in [0.25, 0.3) is 0 Å². The van der Waals surface area contributed by atoms with Crippen molar-refractivity contribution in [3.63, 3.8) is 0 Å². The molecule has 0 aromatic heterocycles. The summed E-state index contributed by atoms with van der Waals surface area (Å²) in [5, 5.41) is 12.1. The normalized spacial score (nSPS) is 19.0. The fourth-order valence-electron chi connectivity index (χ4n) is 2.54. The number of likely N-dealkylation sites (tertiary alicyclic amines) is 1. The number of carboxylic acid groups (broad SMARTS) is 1. The third kappa shape index (κ3) is 3.75. The van der Waals surface area contributed by atoms with Crippen LogP contribution in [0.3, 0.4) is 0 Å². The molecule has 1 heterocycles. The van der Waals surface area contributed by atoms with E-state index in [1.54, 1.807) is 6.07 Å². The van der Waals surface area contributed by atoms with Crippen LogP contribution in [-0.4, -0.2) is 34.6 Å². The van der Waals surface area contributed by atoms with E-state index in [4.69, 9.17) is 0 Å². The van der Waals surface area contributed by atoms with Gasteiger partial charge in [-0.05, 0) is 47.3 Å². The van der Waals surface area contributed by atoms with Crippen LogP contribution in [-0.2, 0) is 4.79 Å². The predicted molar refractivity (Wildman–Crippen MR) is 84.5 cm³/mol. The Labute approximate surface area is 132 Å². The lowest BCUT2D eigenvalue weighted by molar-refractivity contribution is -0.142. The average Bonchev–Trinajstić information content (AvgIpc) is 2.69. The van der Waals surface area contributed by atoms with Crippen molar-refractivity contribution in [2.45, 2.75) is 38.6 Å². The van der Waals surface area contributed by atoms with Gasteiger partial charge in [0.05, 0.1) is 5.69 Å². The second kappa shape index (κ2) is 6.93. The Hall–Kier alpha value is -1.56. The van der Waals surface area contributed by atoms with Crippen molar-refractivity contribution >= 4 is 33.6 Å². The maximum absolute atomic E-state index is 12.4. The number of halogens is 1. The number of benzene rings is 1. The molecule has 114 valence electrons. The Morgan fingerprint density at radius 1 is 1.33 bits per heavy atom. The van der Waals surface area contributed by atoms with Gasteiger partial charge in [0.15, 0.2) is 0 Å². The third-order valence-corrected chi connectivity index (χ3v) is 4.78. The first-order valence-corrected chi connectivity index (χ1v) is 7.85. The number of rotatable bonds is 2. The van der Waals surface area contributed by atoms with Crippen LogP contribution < -0.4 is 5.32 Å². The molecule has 1 fully saturated rings. The zero-order chi connectivity index (χ0) is 15.4. The highest BCUT2D eigenvalue weighted by molar-refractivity contribution is 9.10. The smallest absolute Gasteiger partial charge is 0.326 e. The summed E-state index contributed by atoms with van der Waals surface area (Å²) in [6.07, 6.45) is 3.15. The molecule has 1 aromatic carbocycles. The number of hydrogen-bond donors (Lipinski definition) is 2. The lowest BCUT2D eigenvalue weighted by Crippen LogP contribution is -2.46. The average molecular weight is 355 g/mol. The van der Waals surface area contributed by atoms with E-state index in [1.807, 2.05) is 19.1 Å². The second-order valence-electron chi connectivity index (χ2n) is 5.26. The summed E-state index contributed by atoms with van der Waals surface area (Å²) in [6, 6.07) is 4.49. The quantitative estimate of drug-likeness (QED) is 0.851. The Morgan fingerprint density at radius 3 is 2.81 bits per heavy atom. The van der Waals surface area contributed by atoms with Crippen LogP contribution in [0.4, 0.5) is 10.5 Å². The first kappa shape index (κ1) is 15.8. The molecular formula is C15H19BrN2O3. The summed E-state index contributed by atoms with van der Waals surface area (Å²) in [5.74, 6) is -0.935. The fraction of sp³-hybridized carbons (Fsp3) is 0.467. The van der Waals surface area contributed by atoms with Crippen molar-refractivity contribution in [1.82, 2.24) is 4.90 Å². The minimum Gasteiger partial charge on any atom is -0.480 e. The molecule has 1 saturated heterocycles. The van der Waals surface area contributed by atoms with Gasteiger partial charge in [-0.3, -0.25) is 0 Å². The lowest BCUT2D eigenvalue weighted by atomic mass is 10.1. The molecule has 1 aromatic rings. The molecule has 21 heavy (non-hydrogen) atoms. The van der Waals surface area contributed by atoms with Gasteiger partial charge in [0.25, 0.3) is 0 Å². The van der Waals surface area contributed by atoms with Gasteiger partial charge in [-0.2, -0.15) is 0 Å². The van der Waals surface area contributed by atoms with Crippen LogP contribution in [0.2, 0.25) is 0 Å². The zero-order valence-electron chi connectivity index (χ0n) is 11.9. The first-order valence-electron chi connectivity index (χ1n) is 7.06. The van der Waals surface area contributed by atoms with Crippen molar-refractivity contribution in [2.75, 3.05) is 11.9 Å². The Kier molecular flexibility index (Phi) is 5.22. The molecule has 1 aliphatic heterocycles. The van der Waals surface area contributed by atoms with Crippen LogP contribution in [0.1, 0.15) is 31.2 Å². The maximum atomic E-state index is 12.4. The summed E-state index contributed by atoms with van der Waals surface area (Å²) in [5.41, 5.74) is 1.67. The van der Waals surface area contributed by atoms with E-state index in [1.165, 1.54) is 4.90 Å². The number of nitrogens with one attached hydrogen (secondary N) is 1. The minimum atomic E-state index is -0.935. The summed E-state index contributed by atoms with van der Waals surface area (Å²) in [4.78, 5) is 25.2. The van der Waals surface area contributed by atoms with Crippen molar-refractivity contribution in [1.29, 1.82) is 0 Å². The number of urea groups is 1. The van der Waals surface area contributed by atoms with E-state index in [-0.39, 0.29) is 6.03 Å². The van der Waals surface area contributed by atoms with Crippen LogP contribution in [0, 0.1) is 6.92 Å². The summed E-state index contributed by atoms with van der Waals surface area (Å²) in [7, 11) is 0. The summed E-state index contributed by atoms with van der Waals surface area (Å²) in [6.45, 7) is 2.41. The first-order chi connectivity index (χ1) is 10.0. The highest BCUT2D eigenvalue weighted by Gasteiger charge is 2.30. The third-order valence-electron chi connectivity index (χ3n) is 3.73. The van der Waals surface area contributed by atoms with E-state index in [9.17, 15) is 14.7 Å². The van der Waals surface area contributed by atoms with Crippen molar-refractivity contribution < 1.29 is 14.7 Å². The van der Waals surface area contributed by atoms with Gasteiger partial charge in [0.2, 0.25) is 0 Å². The molecular weight excluding hydrogens is 336 g/mol. The van der Waals surface area contributed by atoms with Gasteiger partial charge < -0.3 is 15.3 Å². The molecule has 0 bridgehead atoms. The van der Waals surface area contributed by atoms with Gasteiger partial charge in [-0.25, -0.2) is 9.59 Å². The Bertz CT molecular complexity index is 548. The number of anilines is 1. The molecule has 1 aliphatic rings. The highest BCUT2D eigenvalue weighted by Crippen LogP contribution is 2.27. The topological polar surface area (TPSA) is 69.6 Å². The molecule has 0 radical (unpaired) electrons. The zero-order valence-corrected chi connectivity index (χ0v) is 13.5. The van der Waals surface area contributed by atoms with E-state index in [2.05, 4.69) is 21.2 Å². The van der Waals surface area contributed by atoms with Crippen molar-refractivity contribution in [3.8, 4) is 0 Å². The van der Waals surface area contributed by atoms with Crippen molar-refractivity contribution in [2.24, 2.45) is 0 Å². The monoisotopic (exact) mass is 354 g/mol. The molecule has 0 aliphatic carbocycles. The highest BCUT2D eigenvalue weighted by atomic mass is 79.9. The Morgan fingerprint density at radius 2 is 2.10 bits per heavy atom. The molecule has 2 amide bonds. The largest absolute Gasteiger partial charge is 0.480 e. The van der Waals surface area contributed by atoms with Gasteiger partial charge in [0.1, 0.15) is 6.04 Å². The number of amides is 2. The summed E-state index contributed by atoms with van der Waals surface area (Å²) >= 11 is 3.44. The lowest BCUT2D eigenvalue weighted by Gasteiger charge is -2.27. The van der Waals surface area contributed by atoms with Crippen LogP contribution in [0.15, 0.2) is 22.7 Å². The molecule has 2 rings (SSSR count). The van der Waals surface area contributed by atoms with E-state index >= 15 is 0 Å². The van der Waals surface area contributed by atoms with Crippen LogP contribution >= 0.6 is 15.9 Å². The predicted octanol–water partition coefficient (Wildman–Crippen LogP) is 3.62. The molecule has 0 spiro atoms. The van der Waals surface area contributed by atoms with E-state index in [0.717, 1.165) is 29.3 Å². The van der Waals surface area contributed by atoms with E-state index < -0.39 is 12.0 Å². The molecule has 6 heteroatoms. The van der Waals surface area contributed by atoms with Gasteiger partial charge in [-0.1, -0.05) is 25.0 Å². The molecule has 5 nitrogen and oxygen atoms in total. The van der Waals surface area contributed by atoms with Gasteiger partial charge in [-0.15, -0.1) is 0 Å². The SMILES string of the molecule is Cc1cccc(NC(=O)N2CCCCCC2C(=O)O)c1Br. The molecule has 1 atom stereocenters. The number of carbonyl (C=O) groups is 2.